The van der Waals surface area contributed by atoms with E-state index in [1.54, 1.807) is 16.5 Å². The van der Waals surface area contributed by atoms with Crippen molar-refractivity contribution in [2.24, 2.45) is 0 Å². The van der Waals surface area contributed by atoms with Crippen molar-refractivity contribution in [3.05, 3.63) is 71.4 Å². The molecule has 0 bridgehead atoms. The molecule has 0 saturated heterocycles. The second-order valence-electron chi connectivity index (χ2n) is 7.04. The van der Waals surface area contributed by atoms with Crippen LogP contribution in [-0.2, 0) is 16.1 Å². The Bertz CT molecular complexity index is 1040. The molecule has 0 spiro atoms. The second-order valence-corrected chi connectivity index (χ2v) is 7.04. The van der Waals surface area contributed by atoms with Crippen LogP contribution in [0.25, 0.3) is 5.69 Å². The summed E-state index contributed by atoms with van der Waals surface area (Å²) >= 11 is 0. The first-order chi connectivity index (χ1) is 14.9. The minimum absolute atomic E-state index is 0.0470. The Morgan fingerprint density at radius 2 is 1.90 bits per heavy atom. The van der Waals surface area contributed by atoms with E-state index in [2.05, 4.69) is 5.10 Å². The smallest absolute Gasteiger partial charge is 0.248 e. The van der Waals surface area contributed by atoms with Crippen LogP contribution in [0.5, 0.6) is 11.6 Å². The molecular weight excluding hydrogens is 404 g/mol. The van der Waals surface area contributed by atoms with Crippen molar-refractivity contribution >= 4 is 5.91 Å². The molecule has 2 aromatic carbocycles. The van der Waals surface area contributed by atoms with Gasteiger partial charge in [0.05, 0.1) is 23.5 Å². The number of hydrogen-bond donors (Lipinski definition) is 0. The van der Waals surface area contributed by atoms with Gasteiger partial charge in [-0.05, 0) is 37.6 Å². The van der Waals surface area contributed by atoms with E-state index in [4.69, 9.17) is 9.47 Å². The molecule has 1 amide bonds. The van der Waals surface area contributed by atoms with Gasteiger partial charge in [0.25, 0.3) is 0 Å². The zero-order chi connectivity index (χ0) is 22.4. The van der Waals surface area contributed by atoms with Gasteiger partial charge in [-0.2, -0.15) is 5.10 Å². The van der Waals surface area contributed by atoms with Gasteiger partial charge < -0.3 is 14.4 Å². The van der Waals surface area contributed by atoms with Crippen LogP contribution >= 0.6 is 0 Å². The zero-order valence-corrected chi connectivity index (χ0v) is 17.8. The van der Waals surface area contributed by atoms with E-state index < -0.39 is 11.6 Å². The minimum Gasteiger partial charge on any atom is -0.435 e. The van der Waals surface area contributed by atoms with Crippen molar-refractivity contribution in [2.45, 2.75) is 26.8 Å². The molecule has 1 aromatic heterocycles. The molecule has 0 aliphatic rings. The lowest BCUT2D eigenvalue weighted by molar-refractivity contribution is -0.135. The third kappa shape index (κ3) is 5.27. The Morgan fingerprint density at radius 1 is 1.16 bits per heavy atom. The fourth-order valence-electron chi connectivity index (χ4n) is 3.20. The summed E-state index contributed by atoms with van der Waals surface area (Å²) in [6.45, 7) is 4.45. The number of aromatic nitrogens is 2. The third-order valence-electron chi connectivity index (χ3n) is 4.70. The summed E-state index contributed by atoms with van der Waals surface area (Å²) in [5.74, 6) is -1.57. The van der Waals surface area contributed by atoms with E-state index in [-0.39, 0.29) is 30.7 Å². The fourth-order valence-corrected chi connectivity index (χ4v) is 3.20. The molecule has 0 aliphatic heterocycles. The molecule has 0 aliphatic carbocycles. The third-order valence-corrected chi connectivity index (χ3v) is 4.70. The first-order valence-corrected chi connectivity index (χ1v) is 9.98. The van der Waals surface area contributed by atoms with Crippen LogP contribution in [0.1, 0.15) is 24.6 Å². The summed E-state index contributed by atoms with van der Waals surface area (Å²) < 4.78 is 40.2. The summed E-state index contributed by atoms with van der Waals surface area (Å²) in [6, 6.07) is 12.4. The van der Waals surface area contributed by atoms with Crippen molar-refractivity contribution in [1.29, 1.82) is 0 Å². The molecule has 1 heterocycles. The number of ether oxygens (including phenoxy) is 2. The van der Waals surface area contributed by atoms with Gasteiger partial charge in [0, 0.05) is 19.7 Å². The van der Waals surface area contributed by atoms with Crippen LogP contribution < -0.4 is 4.74 Å². The Morgan fingerprint density at radius 3 is 2.55 bits per heavy atom. The average molecular weight is 429 g/mol. The van der Waals surface area contributed by atoms with E-state index in [1.165, 1.54) is 13.2 Å². The first kappa shape index (κ1) is 22.4. The number of amides is 1. The van der Waals surface area contributed by atoms with E-state index in [9.17, 15) is 13.6 Å². The maximum absolute atomic E-state index is 14.3. The summed E-state index contributed by atoms with van der Waals surface area (Å²) in [5, 5.41) is 4.57. The molecule has 31 heavy (non-hydrogen) atoms. The van der Waals surface area contributed by atoms with Gasteiger partial charge in [-0.1, -0.05) is 25.1 Å². The fraction of sp³-hybridized carbons (Fsp3) is 0.304. The zero-order valence-electron chi connectivity index (χ0n) is 17.8. The van der Waals surface area contributed by atoms with E-state index in [0.29, 0.717) is 23.5 Å². The number of rotatable bonds is 9. The van der Waals surface area contributed by atoms with Gasteiger partial charge >= 0.3 is 0 Å². The number of nitrogens with zero attached hydrogens (tertiary/aromatic N) is 3. The van der Waals surface area contributed by atoms with Gasteiger partial charge in [-0.3, -0.25) is 4.79 Å². The molecule has 0 saturated carbocycles. The highest BCUT2D eigenvalue weighted by Gasteiger charge is 2.24. The lowest BCUT2D eigenvalue weighted by Gasteiger charge is -2.22. The van der Waals surface area contributed by atoms with Gasteiger partial charge in [-0.15, -0.1) is 0 Å². The predicted molar refractivity (Wildman–Crippen MR) is 112 cm³/mol. The van der Waals surface area contributed by atoms with Gasteiger partial charge in [0.1, 0.15) is 12.4 Å². The average Bonchev–Trinajstić information content (AvgIpc) is 3.05. The van der Waals surface area contributed by atoms with Crippen LogP contribution in [0.15, 0.2) is 48.5 Å². The summed E-state index contributed by atoms with van der Waals surface area (Å²) in [5.41, 5.74) is 1.97. The van der Waals surface area contributed by atoms with E-state index in [1.807, 2.05) is 37.3 Å². The molecule has 0 fully saturated rings. The predicted octanol–water partition coefficient (Wildman–Crippen LogP) is 4.64. The quantitative estimate of drug-likeness (QED) is 0.497. The highest BCUT2D eigenvalue weighted by Crippen LogP contribution is 2.33. The van der Waals surface area contributed by atoms with Crippen molar-refractivity contribution in [3.63, 3.8) is 0 Å². The van der Waals surface area contributed by atoms with Crippen molar-refractivity contribution in [2.75, 3.05) is 20.3 Å². The molecular formula is C23H25F2N3O3. The Kier molecular flexibility index (Phi) is 7.36. The van der Waals surface area contributed by atoms with Crippen LogP contribution in [0.4, 0.5) is 8.78 Å². The maximum Gasteiger partial charge on any atom is 0.248 e. The van der Waals surface area contributed by atoms with Crippen LogP contribution in [0.2, 0.25) is 0 Å². The molecule has 0 radical (unpaired) electrons. The van der Waals surface area contributed by atoms with Gasteiger partial charge in [0.15, 0.2) is 11.6 Å². The molecule has 3 aromatic rings. The SMILES string of the molecule is CCCN(Cc1c(C)nn(-c2ccccc2)c1Oc1ccc(F)cc1F)C(=O)COC. The number of methoxy groups -OCH3 is 1. The number of carbonyl (C=O) groups excluding carboxylic acids is 1. The van der Waals surface area contributed by atoms with Crippen molar-refractivity contribution in [1.82, 2.24) is 14.7 Å². The monoisotopic (exact) mass is 429 g/mol. The van der Waals surface area contributed by atoms with Crippen molar-refractivity contribution < 1.29 is 23.0 Å². The molecule has 8 heteroatoms. The lowest BCUT2D eigenvalue weighted by Crippen LogP contribution is -2.34. The Labute approximate surface area is 180 Å². The lowest BCUT2D eigenvalue weighted by atomic mass is 10.2. The standard InChI is InChI=1S/C23H25F2N3O3/c1-4-12-27(22(29)15-30-3)14-19-16(2)26-28(18-8-6-5-7-9-18)23(19)31-21-11-10-17(24)13-20(21)25/h5-11,13H,4,12,14-15H2,1-3H3. The Hall–Kier alpha value is -3.26. The molecule has 0 N–H and O–H groups in total. The number of hydrogen-bond acceptors (Lipinski definition) is 4. The van der Waals surface area contributed by atoms with Crippen LogP contribution in [0.3, 0.4) is 0 Å². The number of para-hydroxylation sites is 1. The molecule has 3 rings (SSSR count). The maximum atomic E-state index is 14.3. The van der Waals surface area contributed by atoms with Gasteiger partial charge in [0.2, 0.25) is 11.8 Å². The Balaban J connectivity index is 2.07. The van der Waals surface area contributed by atoms with Crippen molar-refractivity contribution in [3.8, 4) is 17.3 Å². The van der Waals surface area contributed by atoms with E-state index >= 15 is 0 Å². The summed E-state index contributed by atoms with van der Waals surface area (Å²) in [6.07, 6.45) is 0.754. The summed E-state index contributed by atoms with van der Waals surface area (Å²) in [4.78, 5) is 14.2. The highest BCUT2D eigenvalue weighted by molar-refractivity contribution is 5.77. The molecule has 0 atom stereocenters. The van der Waals surface area contributed by atoms with Crippen LogP contribution in [0, 0.1) is 18.6 Å². The number of aryl methyl sites for hydroxylation is 1. The normalized spacial score (nSPS) is 10.9. The first-order valence-electron chi connectivity index (χ1n) is 9.98. The van der Waals surface area contributed by atoms with Crippen LogP contribution in [-0.4, -0.2) is 40.8 Å². The number of carbonyl (C=O) groups is 1. The minimum atomic E-state index is -0.828. The number of benzene rings is 2. The van der Waals surface area contributed by atoms with Gasteiger partial charge in [-0.25, -0.2) is 13.5 Å². The second kappa shape index (κ2) is 10.2. The molecule has 6 nitrogen and oxygen atoms in total. The topological polar surface area (TPSA) is 56.6 Å². The highest BCUT2D eigenvalue weighted by atomic mass is 19.1. The van der Waals surface area contributed by atoms with E-state index in [0.717, 1.165) is 18.6 Å². The largest absolute Gasteiger partial charge is 0.435 e. The molecule has 164 valence electrons. The summed E-state index contributed by atoms with van der Waals surface area (Å²) in [7, 11) is 1.46. The number of halogens is 2. The molecule has 0 unspecified atom stereocenters.